The van der Waals surface area contributed by atoms with E-state index < -0.39 is 0 Å². The Balaban J connectivity index is 1.47. The maximum absolute atomic E-state index is 13.6. The largest absolute Gasteiger partial charge is 0.328 e. The predicted octanol–water partition coefficient (Wildman–Crippen LogP) is 4.89. The maximum Gasteiger partial charge on any atom is 0.328 e. The molecule has 1 aliphatic carbocycles. The number of hydrogen-bond acceptors (Lipinski definition) is 5. The minimum absolute atomic E-state index is 0.0934. The lowest BCUT2D eigenvalue weighted by atomic mass is 9.90. The first kappa shape index (κ1) is 23.2. The van der Waals surface area contributed by atoms with E-state index in [0.29, 0.717) is 24.3 Å². The van der Waals surface area contributed by atoms with Crippen molar-refractivity contribution in [3.8, 4) is 22.5 Å². The van der Waals surface area contributed by atoms with Crippen LogP contribution in [-0.4, -0.2) is 34.7 Å². The van der Waals surface area contributed by atoms with Crippen molar-refractivity contribution in [1.82, 2.24) is 34.7 Å². The molecule has 0 amide bonds. The molecule has 182 valence electrons. The normalized spacial score (nSPS) is 17.6. The molecule has 3 heterocycles. The number of H-pyrrole nitrogens is 1. The van der Waals surface area contributed by atoms with Gasteiger partial charge in [0, 0.05) is 35.9 Å². The third-order valence-electron chi connectivity index (χ3n) is 7.15. The summed E-state index contributed by atoms with van der Waals surface area (Å²) < 4.78 is 3.96. The smallest absolute Gasteiger partial charge is 0.296 e. The highest BCUT2D eigenvalue weighted by molar-refractivity contribution is 5.69. The third kappa shape index (κ3) is 4.70. The van der Waals surface area contributed by atoms with Crippen molar-refractivity contribution in [1.29, 1.82) is 0 Å². The maximum atomic E-state index is 13.6. The highest BCUT2D eigenvalue weighted by atomic mass is 16.1. The van der Waals surface area contributed by atoms with Gasteiger partial charge in [-0.3, -0.25) is 14.1 Å². The molecule has 0 radical (unpaired) electrons. The summed E-state index contributed by atoms with van der Waals surface area (Å²) in [5.41, 5.74) is 5.50. The second-order valence-corrected chi connectivity index (χ2v) is 10.6. The van der Waals surface area contributed by atoms with E-state index in [2.05, 4.69) is 71.6 Å². The number of rotatable bonds is 8. The lowest BCUT2D eigenvalue weighted by Crippen LogP contribution is -2.26. The van der Waals surface area contributed by atoms with Gasteiger partial charge in [0.2, 0.25) is 0 Å². The molecule has 2 unspecified atom stereocenters. The van der Waals surface area contributed by atoms with Crippen molar-refractivity contribution in [2.24, 2.45) is 11.3 Å². The molecule has 3 aromatic heterocycles. The van der Waals surface area contributed by atoms with Crippen LogP contribution >= 0.6 is 0 Å². The number of benzene rings is 1. The number of hydrogen-bond donors (Lipinski definition) is 1. The van der Waals surface area contributed by atoms with E-state index in [1.54, 1.807) is 6.20 Å². The fourth-order valence-corrected chi connectivity index (χ4v) is 5.03. The van der Waals surface area contributed by atoms with Gasteiger partial charge in [0.25, 0.3) is 0 Å². The van der Waals surface area contributed by atoms with Gasteiger partial charge < -0.3 is 0 Å². The topological polar surface area (TPSA) is 94.3 Å². The van der Waals surface area contributed by atoms with E-state index >= 15 is 0 Å². The van der Waals surface area contributed by atoms with Crippen molar-refractivity contribution in [3.63, 3.8) is 0 Å². The summed E-state index contributed by atoms with van der Waals surface area (Å²) in [6.45, 7) is 9.50. The molecule has 8 heteroatoms. The Kier molecular flexibility index (Phi) is 6.13. The molecule has 0 spiro atoms. The number of aromatic amines is 1. The molecule has 4 aromatic rings. The molecule has 2 atom stereocenters. The van der Waals surface area contributed by atoms with Crippen LogP contribution in [-0.2, 0) is 13.0 Å². The summed E-state index contributed by atoms with van der Waals surface area (Å²) in [6.07, 6.45) is 9.94. The summed E-state index contributed by atoms with van der Waals surface area (Å²) in [5.74, 6) is 1.18. The molecule has 0 saturated heterocycles. The van der Waals surface area contributed by atoms with Gasteiger partial charge in [-0.1, -0.05) is 58.4 Å². The Morgan fingerprint density at radius 2 is 1.89 bits per heavy atom. The first-order valence-electron chi connectivity index (χ1n) is 12.4. The van der Waals surface area contributed by atoms with E-state index in [1.807, 2.05) is 33.5 Å². The SMILES string of the molecule is CCCCc1cn(C2CC2C(C)(C)C)c(=O)n1Cc1cnccc1-c1ccc(-c2nnn[nH]2)cc1. The number of pyridine rings is 1. The van der Waals surface area contributed by atoms with Gasteiger partial charge in [0.05, 0.1) is 6.54 Å². The monoisotopic (exact) mass is 471 g/mol. The van der Waals surface area contributed by atoms with E-state index in [0.717, 1.165) is 53.6 Å². The number of tetrazole rings is 1. The second-order valence-electron chi connectivity index (χ2n) is 10.6. The van der Waals surface area contributed by atoms with Crippen LogP contribution in [0.2, 0.25) is 0 Å². The fourth-order valence-electron chi connectivity index (χ4n) is 5.03. The Hall–Kier alpha value is -3.55. The van der Waals surface area contributed by atoms with Crippen LogP contribution in [0.4, 0.5) is 0 Å². The summed E-state index contributed by atoms with van der Waals surface area (Å²) in [4.78, 5) is 18.0. The highest BCUT2D eigenvalue weighted by Gasteiger charge is 2.47. The van der Waals surface area contributed by atoms with Crippen molar-refractivity contribution < 1.29 is 0 Å². The first-order chi connectivity index (χ1) is 16.9. The summed E-state index contributed by atoms with van der Waals surface area (Å²) in [5, 5.41) is 14.1. The van der Waals surface area contributed by atoms with Crippen LogP contribution < -0.4 is 5.69 Å². The quantitative estimate of drug-likeness (QED) is 0.395. The van der Waals surface area contributed by atoms with Crippen LogP contribution in [0.1, 0.15) is 64.3 Å². The molecule has 0 bridgehead atoms. The highest BCUT2D eigenvalue weighted by Crippen LogP contribution is 2.53. The van der Waals surface area contributed by atoms with Gasteiger partial charge in [0.15, 0.2) is 5.82 Å². The Bertz CT molecular complexity index is 1340. The predicted molar refractivity (Wildman–Crippen MR) is 136 cm³/mol. The Labute approximate surface area is 205 Å². The minimum atomic E-state index is 0.0934. The van der Waals surface area contributed by atoms with E-state index in [-0.39, 0.29) is 11.1 Å². The molecule has 1 saturated carbocycles. The Morgan fingerprint density at radius 3 is 2.54 bits per heavy atom. The number of aryl methyl sites for hydroxylation is 1. The summed E-state index contributed by atoms with van der Waals surface area (Å²) >= 11 is 0. The van der Waals surface area contributed by atoms with Crippen molar-refractivity contribution in [3.05, 3.63) is 70.7 Å². The molecular formula is C27H33N7O. The lowest BCUT2D eigenvalue weighted by molar-refractivity contribution is 0.327. The average Bonchev–Trinajstić information content (AvgIpc) is 3.36. The van der Waals surface area contributed by atoms with E-state index in [4.69, 9.17) is 0 Å². The second kappa shape index (κ2) is 9.24. The van der Waals surface area contributed by atoms with Crippen LogP contribution in [0.3, 0.4) is 0 Å². The third-order valence-corrected chi connectivity index (χ3v) is 7.15. The summed E-state index contributed by atoms with van der Waals surface area (Å²) in [6, 6.07) is 10.4. The first-order valence-corrected chi connectivity index (χ1v) is 12.4. The van der Waals surface area contributed by atoms with Crippen molar-refractivity contribution in [2.75, 3.05) is 0 Å². The van der Waals surface area contributed by atoms with E-state index in [9.17, 15) is 4.79 Å². The molecule has 35 heavy (non-hydrogen) atoms. The van der Waals surface area contributed by atoms with Crippen LogP contribution in [0.5, 0.6) is 0 Å². The van der Waals surface area contributed by atoms with Gasteiger partial charge in [-0.15, -0.1) is 5.10 Å². The van der Waals surface area contributed by atoms with Gasteiger partial charge in [0.1, 0.15) is 0 Å². The number of aromatic nitrogens is 7. The van der Waals surface area contributed by atoms with E-state index in [1.165, 1.54) is 0 Å². The number of nitrogens with one attached hydrogen (secondary N) is 1. The summed E-state index contributed by atoms with van der Waals surface area (Å²) in [7, 11) is 0. The molecular weight excluding hydrogens is 438 g/mol. The molecule has 1 fully saturated rings. The number of unbranched alkanes of at least 4 members (excludes halogenated alkanes) is 1. The van der Waals surface area contributed by atoms with Gasteiger partial charge in [-0.2, -0.15) is 0 Å². The average molecular weight is 472 g/mol. The molecule has 0 aliphatic heterocycles. The minimum Gasteiger partial charge on any atom is -0.296 e. The molecule has 1 aromatic carbocycles. The zero-order valence-electron chi connectivity index (χ0n) is 20.9. The molecule has 1 aliphatic rings. The van der Waals surface area contributed by atoms with Crippen LogP contribution in [0.15, 0.2) is 53.7 Å². The zero-order valence-corrected chi connectivity index (χ0v) is 20.9. The van der Waals surface area contributed by atoms with Crippen LogP contribution in [0, 0.1) is 11.3 Å². The van der Waals surface area contributed by atoms with Gasteiger partial charge in [-0.25, -0.2) is 9.89 Å². The van der Waals surface area contributed by atoms with Gasteiger partial charge >= 0.3 is 5.69 Å². The zero-order chi connectivity index (χ0) is 24.6. The molecule has 8 nitrogen and oxygen atoms in total. The number of nitrogens with zero attached hydrogens (tertiary/aromatic N) is 6. The van der Waals surface area contributed by atoms with Crippen LogP contribution in [0.25, 0.3) is 22.5 Å². The van der Waals surface area contributed by atoms with Crippen molar-refractivity contribution in [2.45, 2.75) is 66.0 Å². The Morgan fingerprint density at radius 1 is 1.11 bits per heavy atom. The van der Waals surface area contributed by atoms with Crippen molar-refractivity contribution >= 4 is 0 Å². The molecule has 1 N–H and O–H groups in total. The lowest BCUT2D eigenvalue weighted by Gasteiger charge is -2.17. The van der Waals surface area contributed by atoms with Gasteiger partial charge in [-0.05, 0) is 63.8 Å². The standard InChI is InChI=1S/C27H33N7O/c1-5-6-7-21-17-34(24-14-23(24)27(2,3)4)26(35)33(21)16-20-15-28-13-12-22(20)18-8-10-19(11-9-18)25-29-31-32-30-25/h8-13,15,17,23-24H,5-7,14,16H2,1-4H3,(H,29,30,31,32). The molecule has 5 rings (SSSR count). The fraction of sp³-hybridized carbons (Fsp3) is 0.444. The number of imidazole rings is 1.